The lowest BCUT2D eigenvalue weighted by molar-refractivity contribution is -0.917. The summed E-state index contributed by atoms with van der Waals surface area (Å²) in [5.41, 5.74) is 2.73. The Labute approximate surface area is 189 Å². The standard InChI is InChI=1S/C25H22N4O4/c30-24(18-6-8-23-26-20-4-2-1-3-19(20)25(31)29(23)15-18)28-11-9-27(10-12-28)14-17-5-7-21-22(13-17)33-16-32-21/h1-8,13,15H,9-12,14,16H2/p+1. The molecule has 2 aromatic heterocycles. The maximum Gasteiger partial charge on any atom is 0.265 e. The molecule has 2 aliphatic rings. The van der Waals surface area contributed by atoms with Crippen LogP contribution >= 0.6 is 0 Å². The van der Waals surface area contributed by atoms with Gasteiger partial charge in [0.25, 0.3) is 11.5 Å². The topological polar surface area (TPSA) is 77.6 Å². The minimum absolute atomic E-state index is 0.0564. The average molecular weight is 443 g/mol. The van der Waals surface area contributed by atoms with Crippen molar-refractivity contribution >= 4 is 22.5 Å². The van der Waals surface area contributed by atoms with E-state index in [1.54, 1.807) is 24.4 Å². The Bertz CT molecular complexity index is 1440. The van der Waals surface area contributed by atoms with Crippen molar-refractivity contribution < 1.29 is 19.2 Å². The van der Waals surface area contributed by atoms with Crippen LogP contribution in [-0.2, 0) is 6.54 Å². The lowest BCUT2D eigenvalue weighted by Crippen LogP contribution is -3.13. The second-order valence-electron chi connectivity index (χ2n) is 8.49. The van der Waals surface area contributed by atoms with Crippen LogP contribution in [0.3, 0.4) is 0 Å². The Morgan fingerprint density at radius 3 is 2.70 bits per heavy atom. The van der Waals surface area contributed by atoms with Gasteiger partial charge in [-0.05, 0) is 42.5 Å². The number of fused-ring (bicyclic) bond motifs is 3. The van der Waals surface area contributed by atoms with Crippen LogP contribution in [0, 0.1) is 0 Å². The molecule has 1 fully saturated rings. The van der Waals surface area contributed by atoms with Crippen LogP contribution in [0.1, 0.15) is 15.9 Å². The van der Waals surface area contributed by atoms with E-state index in [9.17, 15) is 9.59 Å². The van der Waals surface area contributed by atoms with Gasteiger partial charge in [-0.25, -0.2) is 4.98 Å². The number of amides is 1. The molecule has 8 heteroatoms. The summed E-state index contributed by atoms with van der Waals surface area (Å²) in [4.78, 5) is 33.9. The first-order chi connectivity index (χ1) is 16.2. The van der Waals surface area contributed by atoms with Gasteiger partial charge in [-0.3, -0.25) is 14.0 Å². The zero-order valence-corrected chi connectivity index (χ0v) is 18.0. The Kier molecular flexibility index (Phi) is 4.73. The highest BCUT2D eigenvalue weighted by molar-refractivity contribution is 5.94. The third kappa shape index (κ3) is 3.58. The highest BCUT2D eigenvalue weighted by Gasteiger charge is 2.25. The van der Waals surface area contributed by atoms with E-state index in [-0.39, 0.29) is 18.3 Å². The van der Waals surface area contributed by atoms with Crippen molar-refractivity contribution in [3.8, 4) is 11.5 Å². The summed E-state index contributed by atoms with van der Waals surface area (Å²) in [6.45, 7) is 4.21. The highest BCUT2D eigenvalue weighted by atomic mass is 16.7. The fourth-order valence-electron chi connectivity index (χ4n) is 4.60. The van der Waals surface area contributed by atoms with Crippen molar-refractivity contribution in [2.75, 3.05) is 33.0 Å². The molecule has 1 saturated heterocycles. The van der Waals surface area contributed by atoms with E-state index in [1.807, 2.05) is 35.2 Å². The van der Waals surface area contributed by atoms with E-state index >= 15 is 0 Å². The van der Waals surface area contributed by atoms with E-state index in [4.69, 9.17) is 9.47 Å². The number of nitrogens with zero attached hydrogens (tertiary/aromatic N) is 3. The van der Waals surface area contributed by atoms with E-state index in [0.29, 0.717) is 35.2 Å². The van der Waals surface area contributed by atoms with Gasteiger partial charge >= 0.3 is 0 Å². The summed E-state index contributed by atoms with van der Waals surface area (Å²) in [6, 6.07) is 16.8. The molecule has 0 atom stereocenters. The number of rotatable bonds is 3. The van der Waals surface area contributed by atoms with Crippen LogP contribution in [0.5, 0.6) is 11.5 Å². The van der Waals surface area contributed by atoms with Crippen LogP contribution < -0.4 is 19.9 Å². The van der Waals surface area contributed by atoms with Crippen molar-refractivity contribution in [3.05, 3.63) is 82.3 Å². The maximum atomic E-state index is 13.2. The average Bonchev–Trinajstić information content (AvgIpc) is 3.32. The van der Waals surface area contributed by atoms with Crippen molar-refractivity contribution in [2.24, 2.45) is 0 Å². The van der Waals surface area contributed by atoms with Crippen LogP contribution in [-0.4, -0.2) is 53.2 Å². The van der Waals surface area contributed by atoms with Crippen molar-refractivity contribution in [3.63, 3.8) is 0 Å². The van der Waals surface area contributed by atoms with Gasteiger partial charge in [0, 0.05) is 11.8 Å². The number of benzene rings is 2. The third-order valence-corrected chi connectivity index (χ3v) is 6.41. The lowest BCUT2D eigenvalue weighted by Gasteiger charge is -2.32. The molecule has 6 rings (SSSR count). The van der Waals surface area contributed by atoms with Gasteiger partial charge in [0.05, 0.1) is 42.6 Å². The molecule has 1 N–H and O–H groups in total. The number of nitrogens with one attached hydrogen (secondary N) is 1. The van der Waals surface area contributed by atoms with Crippen molar-refractivity contribution in [1.82, 2.24) is 14.3 Å². The molecular formula is C25H23N4O4+. The fourth-order valence-corrected chi connectivity index (χ4v) is 4.60. The molecule has 2 aliphatic heterocycles. The van der Waals surface area contributed by atoms with Crippen LogP contribution in [0.2, 0.25) is 0 Å². The number of para-hydroxylation sites is 1. The van der Waals surface area contributed by atoms with Gasteiger partial charge in [0.2, 0.25) is 6.79 Å². The van der Waals surface area contributed by atoms with Crippen LogP contribution in [0.4, 0.5) is 0 Å². The van der Waals surface area contributed by atoms with Crippen LogP contribution in [0.15, 0.2) is 65.6 Å². The number of hydrogen-bond donors (Lipinski definition) is 1. The summed E-state index contributed by atoms with van der Waals surface area (Å²) in [5, 5.41) is 0.542. The minimum atomic E-state index is -0.164. The molecule has 2 aromatic carbocycles. The monoisotopic (exact) mass is 443 g/mol. The molecular weight excluding hydrogens is 420 g/mol. The zero-order valence-electron chi connectivity index (χ0n) is 18.0. The minimum Gasteiger partial charge on any atom is -0.454 e. The molecule has 0 spiro atoms. The number of pyridine rings is 1. The lowest BCUT2D eigenvalue weighted by atomic mass is 10.1. The molecule has 0 unspecified atom stereocenters. The zero-order chi connectivity index (χ0) is 22.4. The predicted molar refractivity (Wildman–Crippen MR) is 122 cm³/mol. The van der Waals surface area contributed by atoms with Gasteiger partial charge in [-0.2, -0.15) is 0 Å². The molecule has 0 bridgehead atoms. The molecule has 1 amide bonds. The Hall–Kier alpha value is -3.91. The van der Waals surface area contributed by atoms with Gasteiger partial charge in [0.1, 0.15) is 12.2 Å². The normalized spacial score (nSPS) is 15.9. The largest absolute Gasteiger partial charge is 0.454 e. The van der Waals surface area contributed by atoms with Crippen molar-refractivity contribution in [2.45, 2.75) is 6.54 Å². The SMILES string of the molecule is O=C(c1ccc2nc3ccccc3c(=O)n2c1)N1CC[NH+](Cc2ccc3c(c2)OCO3)CC1. The summed E-state index contributed by atoms with van der Waals surface area (Å²) in [6.07, 6.45) is 1.62. The van der Waals surface area contributed by atoms with Gasteiger partial charge in [-0.15, -0.1) is 0 Å². The molecule has 8 nitrogen and oxygen atoms in total. The Morgan fingerprint density at radius 1 is 1.00 bits per heavy atom. The summed E-state index contributed by atoms with van der Waals surface area (Å²) >= 11 is 0. The summed E-state index contributed by atoms with van der Waals surface area (Å²) in [5.74, 6) is 1.54. The second kappa shape index (κ2) is 7.90. The fraction of sp³-hybridized carbons (Fsp3) is 0.240. The number of piperazine rings is 1. The van der Waals surface area contributed by atoms with Crippen LogP contribution in [0.25, 0.3) is 16.6 Å². The molecule has 0 saturated carbocycles. The second-order valence-corrected chi connectivity index (χ2v) is 8.49. The third-order valence-electron chi connectivity index (χ3n) is 6.41. The number of carbonyl (C=O) groups excluding carboxylic acids is 1. The molecule has 4 aromatic rings. The summed E-state index contributed by atoms with van der Waals surface area (Å²) in [7, 11) is 0. The molecule has 166 valence electrons. The summed E-state index contributed by atoms with van der Waals surface area (Å²) < 4.78 is 12.3. The Morgan fingerprint density at radius 2 is 1.82 bits per heavy atom. The quantitative estimate of drug-likeness (QED) is 0.480. The molecule has 0 radical (unpaired) electrons. The van der Waals surface area contributed by atoms with Gasteiger partial charge < -0.3 is 19.3 Å². The number of aromatic nitrogens is 2. The maximum absolute atomic E-state index is 13.2. The Balaban J connectivity index is 1.16. The van der Waals surface area contributed by atoms with Crippen molar-refractivity contribution in [1.29, 1.82) is 0 Å². The van der Waals surface area contributed by atoms with Gasteiger partial charge in [0.15, 0.2) is 11.5 Å². The smallest absolute Gasteiger partial charge is 0.265 e. The first-order valence-electron chi connectivity index (χ1n) is 11.1. The van der Waals surface area contributed by atoms with E-state index in [0.717, 1.165) is 31.1 Å². The number of ether oxygens (including phenoxy) is 2. The first-order valence-corrected chi connectivity index (χ1v) is 11.1. The number of hydrogen-bond acceptors (Lipinski definition) is 5. The van der Waals surface area contributed by atoms with E-state index in [1.165, 1.54) is 14.9 Å². The molecule has 4 heterocycles. The van der Waals surface area contributed by atoms with E-state index in [2.05, 4.69) is 11.1 Å². The molecule has 0 aliphatic carbocycles. The predicted octanol–water partition coefficient (Wildman–Crippen LogP) is 1.12. The molecule has 33 heavy (non-hydrogen) atoms. The van der Waals surface area contributed by atoms with E-state index < -0.39 is 0 Å². The van der Waals surface area contributed by atoms with Gasteiger partial charge in [-0.1, -0.05) is 12.1 Å². The number of quaternary nitrogens is 1. The first kappa shape index (κ1) is 19.8. The number of carbonyl (C=O) groups is 1. The highest BCUT2D eigenvalue weighted by Crippen LogP contribution is 2.32.